The summed E-state index contributed by atoms with van der Waals surface area (Å²) in [6.45, 7) is 3.53. The lowest BCUT2D eigenvalue weighted by Crippen LogP contribution is -2.51. The van der Waals surface area contributed by atoms with Crippen molar-refractivity contribution in [1.82, 2.24) is 4.98 Å². The maximum Gasteiger partial charge on any atom is 0.238 e. The maximum atomic E-state index is 14.2. The summed E-state index contributed by atoms with van der Waals surface area (Å²) in [6, 6.07) is 17.4. The second-order valence-electron chi connectivity index (χ2n) is 9.22. The number of para-hydroxylation sites is 2. The Morgan fingerprint density at radius 2 is 1.71 bits per heavy atom. The van der Waals surface area contributed by atoms with Gasteiger partial charge in [0.25, 0.3) is 0 Å². The van der Waals surface area contributed by atoms with Crippen molar-refractivity contribution in [2.75, 3.05) is 10.2 Å². The van der Waals surface area contributed by atoms with E-state index in [1.807, 2.05) is 60.4 Å². The molecule has 3 aromatic rings. The van der Waals surface area contributed by atoms with Crippen molar-refractivity contribution in [1.29, 1.82) is 0 Å². The number of nitrogens with one attached hydrogen (secondary N) is 1. The number of Topliss-reactive ketones (excluding diaryl/α,β-unsaturated/α-hetero) is 2. The first-order chi connectivity index (χ1) is 16.5. The van der Waals surface area contributed by atoms with E-state index in [1.165, 1.54) is 6.92 Å². The first-order valence-corrected chi connectivity index (χ1v) is 11.4. The van der Waals surface area contributed by atoms with Gasteiger partial charge in [-0.2, -0.15) is 0 Å². The quantitative estimate of drug-likeness (QED) is 0.611. The van der Waals surface area contributed by atoms with E-state index in [2.05, 4.69) is 16.4 Å². The summed E-state index contributed by atoms with van der Waals surface area (Å²) in [5, 5.41) is 3.03. The van der Waals surface area contributed by atoms with Crippen molar-refractivity contribution >= 4 is 34.4 Å². The molecule has 6 rings (SSSR count). The van der Waals surface area contributed by atoms with Gasteiger partial charge in [0.1, 0.15) is 5.41 Å². The monoisotopic (exact) mass is 449 g/mol. The zero-order chi connectivity index (χ0) is 23.6. The number of allylic oxidation sites excluding steroid dienone is 1. The fraction of sp³-hybridized carbons (Fsp3) is 0.214. The van der Waals surface area contributed by atoms with E-state index in [4.69, 9.17) is 0 Å². The van der Waals surface area contributed by atoms with Gasteiger partial charge in [-0.15, -0.1) is 0 Å². The smallest absolute Gasteiger partial charge is 0.238 e. The second kappa shape index (κ2) is 7.22. The highest BCUT2D eigenvalue weighted by Crippen LogP contribution is 2.58. The Morgan fingerprint density at radius 1 is 1.00 bits per heavy atom. The zero-order valence-corrected chi connectivity index (χ0v) is 18.9. The van der Waals surface area contributed by atoms with E-state index in [0.29, 0.717) is 11.3 Å². The van der Waals surface area contributed by atoms with Crippen LogP contribution in [0, 0.1) is 5.92 Å². The Morgan fingerprint density at radius 3 is 2.47 bits per heavy atom. The molecule has 4 atom stereocenters. The van der Waals surface area contributed by atoms with Crippen LogP contribution >= 0.6 is 0 Å². The van der Waals surface area contributed by atoms with Crippen LogP contribution in [-0.2, 0) is 15.0 Å². The predicted molar refractivity (Wildman–Crippen MR) is 130 cm³/mol. The minimum absolute atomic E-state index is 0.144. The molecule has 1 N–H and O–H groups in total. The van der Waals surface area contributed by atoms with E-state index in [1.54, 1.807) is 24.5 Å². The Bertz CT molecular complexity index is 1400. The third kappa shape index (κ3) is 2.51. The number of anilines is 2. The average Bonchev–Trinajstić information content (AvgIpc) is 3.32. The lowest BCUT2D eigenvalue weighted by molar-refractivity contribution is -0.122. The van der Waals surface area contributed by atoms with Gasteiger partial charge in [-0.25, -0.2) is 0 Å². The highest BCUT2D eigenvalue weighted by Gasteiger charge is 2.70. The molecule has 3 aliphatic rings. The van der Waals surface area contributed by atoms with Crippen molar-refractivity contribution in [3.63, 3.8) is 0 Å². The van der Waals surface area contributed by atoms with E-state index >= 15 is 0 Å². The average molecular weight is 450 g/mol. The summed E-state index contributed by atoms with van der Waals surface area (Å²) in [7, 11) is 0. The van der Waals surface area contributed by atoms with Crippen molar-refractivity contribution in [3.05, 3.63) is 95.8 Å². The molecule has 1 amide bonds. The molecule has 6 nitrogen and oxygen atoms in total. The van der Waals surface area contributed by atoms with Gasteiger partial charge in [0.15, 0.2) is 11.6 Å². The van der Waals surface area contributed by atoms with Crippen LogP contribution in [0.3, 0.4) is 0 Å². The molecular formula is C28H23N3O3. The number of nitrogens with zero attached hydrogens (tertiary/aromatic N) is 2. The standard InChI is InChI=1S/C28H23N3O3/c1-16-15-23-28(20-8-4-5-9-21(20)30-27(28)34)24(26(33)18-11-13-29-14-12-18)25(17(2)32)31(23)22-10-6-3-7-19(16)22/h3-15,23-25H,1-2H3,(H,30,34)/t23-,24+,25+,28+/m0/s1. The predicted octanol–water partition coefficient (Wildman–Crippen LogP) is 4.03. The third-order valence-electron chi connectivity index (χ3n) is 7.55. The molecule has 0 aliphatic carbocycles. The highest BCUT2D eigenvalue weighted by molar-refractivity contribution is 6.16. The van der Waals surface area contributed by atoms with Crippen LogP contribution in [0.2, 0.25) is 0 Å². The largest absolute Gasteiger partial charge is 0.352 e. The SMILES string of the molecule is CC(=O)[C@@H]1[C@H](C(=O)c2ccncc2)[C@]2(C(=O)Nc3ccccc32)[C@@H]2C=C(C)c3ccccc3N12. The van der Waals surface area contributed by atoms with Gasteiger partial charge in [0.05, 0.1) is 18.0 Å². The van der Waals surface area contributed by atoms with Gasteiger partial charge in [-0.1, -0.05) is 42.5 Å². The lowest BCUT2D eigenvalue weighted by atomic mass is 9.64. The molecule has 0 bridgehead atoms. The number of benzene rings is 2. The number of aromatic nitrogens is 1. The molecule has 0 saturated carbocycles. The minimum atomic E-state index is -1.25. The Labute approximate surface area is 197 Å². The van der Waals surface area contributed by atoms with Crippen molar-refractivity contribution in [2.24, 2.45) is 5.92 Å². The number of carbonyl (C=O) groups excluding carboxylic acids is 3. The molecule has 1 spiro atoms. The summed E-state index contributed by atoms with van der Waals surface area (Å²) >= 11 is 0. The van der Waals surface area contributed by atoms with E-state index in [9.17, 15) is 14.4 Å². The normalized spacial score (nSPS) is 26.4. The number of amides is 1. The van der Waals surface area contributed by atoms with Crippen LogP contribution in [0.25, 0.3) is 5.57 Å². The minimum Gasteiger partial charge on any atom is -0.352 e. The van der Waals surface area contributed by atoms with Crippen LogP contribution in [0.4, 0.5) is 11.4 Å². The van der Waals surface area contributed by atoms with Gasteiger partial charge in [0, 0.05) is 34.9 Å². The summed E-state index contributed by atoms with van der Waals surface area (Å²) in [5.41, 5.74) is 3.54. The number of hydrogen-bond acceptors (Lipinski definition) is 5. The Kier molecular flexibility index (Phi) is 4.36. The molecule has 1 aromatic heterocycles. The van der Waals surface area contributed by atoms with Crippen LogP contribution < -0.4 is 10.2 Å². The molecule has 1 saturated heterocycles. The summed E-state index contributed by atoms with van der Waals surface area (Å²) in [4.78, 5) is 47.6. The molecule has 1 fully saturated rings. The van der Waals surface area contributed by atoms with Crippen LogP contribution in [0.1, 0.15) is 35.3 Å². The maximum absolute atomic E-state index is 14.2. The Balaban J connectivity index is 1.69. The van der Waals surface area contributed by atoms with Crippen molar-refractivity contribution < 1.29 is 14.4 Å². The first-order valence-electron chi connectivity index (χ1n) is 11.4. The van der Waals surface area contributed by atoms with E-state index in [0.717, 1.165) is 22.4 Å². The molecule has 168 valence electrons. The van der Waals surface area contributed by atoms with Crippen LogP contribution in [0.5, 0.6) is 0 Å². The van der Waals surface area contributed by atoms with Gasteiger partial charge in [-0.3, -0.25) is 19.4 Å². The third-order valence-corrected chi connectivity index (χ3v) is 7.55. The van der Waals surface area contributed by atoms with Gasteiger partial charge in [0.2, 0.25) is 5.91 Å². The zero-order valence-electron chi connectivity index (χ0n) is 18.9. The summed E-state index contributed by atoms with van der Waals surface area (Å²) in [5.74, 6) is -1.53. The van der Waals surface area contributed by atoms with Crippen molar-refractivity contribution in [3.8, 4) is 0 Å². The fourth-order valence-electron chi connectivity index (χ4n) is 6.24. The number of rotatable bonds is 3. The fourth-order valence-corrected chi connectivity index (χ4v) is 6.24. The lowest BCUT2D eigenvalue weighted by Gasteiger charge is -2.39. The summed E-state index contributed by atoms with van der Waals surface area (Å²) in [6.07, 6.45) is 5.18. The number of fused-ring (bicyclic) bond motifs is 6. The van der Waals surface area contributed by atoms with E-state index < -0.39 is 23.4 Å². The van der Waals surface area contributed by atoms with Crippen LogP contribution in [0.15, 0.2) is 79.1 Å². The molecular weight excluding hydrogens is 426 g/mol. The van der Waals surface area contributed by atoms with Gasteiger partial charge in [-0.05, 0) is 49.2 Å². The molecule has 0 radical (unpaired) electrons. The van der Waals surface area contributed by atoms with Crippen molar-refractivity contribution in [2.45, 2.75) is 31.3 Å². The number of hydrogen-bond donors (Lipinski definition) is 1. The molecule has 3 aliphatic heterocycles. The van der Waals surface area contributed by atoms with Crippen LogP contribution in [-0.4, -0.2) is 34.5 Å². The Hall–Kier alpha value is -4.06. The second-order valence-corrected chi connectivity index (χ2v) is 9.22. The topological polar surface area (TPSA) is 79.4 Å². The molecule has 6 heteroatoms. The van der Waals surface area contributed by atoms with Gasteiger partial charge < -0.3 is 10.2 Å². The van der Waals surface area contributed by atoms with E-state index in [-0.39, 0.29) is 17.5 Å². The van der Waals surface area contributed by atoms with Gasteiger partial charge >= 0.3 is 0 Å². The molecule has 4 heterocycles. The summed E-state index contributed by atoms with van der Waals surface area (Å²) < 4.78 is 0. The number of carbonyl (C=O) groups is 3. The number of pyridine rings is 1. The molecule has 34 heavy (non-hydrogen) atoms. The number of ketones is 2. The molecule has 0 unspecified atom stereocenters. The molecule has 2 aromatic carbocycles. The first kappa shape index (κ1) is 20.5. The highest BCUT2D eigenvalue weighted by atomic mass is 16.2.